The van der Waals surface area contributed by atoms with Crippen molar-refractivity contribution in [1.82, 2.24) is 0 Å². The normalized spacial score (nSPS) is 13.2. The molecular weight excluding hydrogens is 448 g/mol. The van der Waals surface area contributed by atoms with E-state index in [0.29, 0.717) is 12.3 Å². The first-order chi connectivity index (χ1) is 11.9. The SMILES string of the molecule is C=CC(=O)OC(CCCCCC)Oc1c(Br)cc(Br)cc1C(C)CC. The van der Waals surface area contributed by atoms with Crippen molar-refractivity contribution in [2.24, 2.45) is 0 Å². The Morgan fingerprint density at radius 2 is 1.96 bits per heavy atom. The molecule has 0 aliphatic rings. The highest BCUT2D eigenvalue weighted by molar-refractivity contribution is 9.11. The monoisotopic (exact) mass is 474 g/mol. The van der Waals surface area contributed by atoms with Crippen LogP contribution in [0.25, 0.3) is 0 Å². The van der Waals surface area contributed by atoms with Gasteiger partial charge in [0.25, 0.3) is 0 Å². The van der Waals surface area contributed by atoms with Gasteiger partial charge < -0.3 is 9.47 Å². The lowest BCUT2D eigenvalue weighted by molar-refractivity contribution is -0.158. The number of halogens is 2. The topological polar surface area (TPSA) is 35.5 Å². The van der Waals surface area contributed by atoms with Gasteiger partial charge in [-0.05, 0) is 52.4 Å². The lowest BCUT2D eigenvalue weighted by Crippen LogP contribution is -2.24. The number of rotatable bonds is 11. The molecule has 0 saturated heterocycles. The summed E-state index contributed by atoms with van der Waals surface area (Å²) in [6.07, 6.45) is 6.61. The highest BCUT2D eigenvalue weighted by Crippen LogP contribution is 2.39. The third kappa shape index (κ3) is 7.53. The molecule has 2 unspecified atom stereocenters. The predicted molar refractivity (Wildman–Crippen MR) is 110 cm³/mol. The molecule has 1 rings (SSSR count). The molecule has 0 saturated carbocycles. The molecule has 140 valence electrons. The first-order valence-corrected chi connectivity index (χ1v) is 10.5. The molecule has 1 aromatic rings. The molecule has 0 amide bonds. The van der Waals surface area contributed by atoms with Gasteiger partial charge in [0, 0.05) is 17.0 Å². The number of carbonyl (C=O) groups excluding carboxylic acids is 1. The van der Waals surface area contributed by atoms with Crippen molar-refractivity contribution in [1.29, 1.82) is 0 Å². The molecule has 0 spiro atoms. The summed E-state index contributed by atoms with van der Waals surface area (Å²) >= 11 is 7.12. The van der Waals surface area contributed by atoms with Gasteiger partial charge in [-0.1, -0.05) is 62.5 Å². The fourth-order valence-electron chi connectivity index (χ4n) is 2.48. The maximum atomic E-state index is 11.7. The Bertz CT molecular complexity index is 572. The molecule has 0 fully saturated rings. The van der Waals surface area contributed by atoms with Gasteiger partial charge in [0.15, 0.2) is 0 Å². The van der Waals surface area contributed by atoms with E-state index in [9.17, 15) is 4.79 Å². The van der Waals surface area contributed by atoms with Crippen molar-refractivity contribution >= 4 is 37.8 Å². The molecule has 0 aliphatic heterocycles. The summed E-state index contributed by atoms with van der Waals surface area (Å²) < 4.78 is 13.4. The zero-order valence-electron chi connectivity index (χ0n) is 15.3. The Kier molecular flexibility index (Phi) is 10.4. The number of unbranched alkanes of at least 4 members (excludes halogenated alkanes) is 3. The van der Waals surface area contributed by atoms with Gasteiger partial charge in [-0.25, -0.2) is 4.79 Å². The largest absolute Gasteiger partial charge is 0.453 e. The maximum absolute atomic E-state index is 11.7. The Morgan fingerprint density at radius 1 is 1.24 bits per heavy atom. The van der Waals surface area contributed by atoms with Crippen molar-refractivity contribution in [3.05, 3.63) is 39.3 Å². The van der Waals surface area contributed by atoms with E-state index < -0.39 is 12.3 Å². The summed E-state index contributed by atoms with van der Waals surface area (Å²) in [7, 11) is 0. The second-order valence-corrected chi connectivity index (χ2v) is 7.92. The van der Waals surface area contributed by atoms with E-state index >= 15 is 0 Å². The molecule has 0 heterocycles. The smallest absolute Gasteiger partial charge is 0.333 e. The minimum atomic E-state index is -0.609. The lowest BCUT2D eigenvalue weighted by Gasteiger charge is -2.23. The van der Waals surface area contributed by atoms with Crippen LogP contribution in [0.5, 0.6) is 5.75 Å². The van der Waals surface area contributed by atoms with E-state index in [4.69, 9.17) is 9.47 Å². The summed E-state index contributed by atoms with van der Waals surface area (Å²) in [5.41, 5.74) is 1.09. The van der Waals surface area contributed by atoms with Crippen LogP contribution in [0.15, 0.2) is 33.7 Å². The summed E-state index contributed by atoms with van der Waals surface area (Å²) in [6, 6.07) is 4.02. The first kappa shape index (κ1) is 22.2. The van der Waals surface area contributed by atoms with Gasteiger partial charge in [0.1, 0.15) is 5.75 Å². The third-order valence-electron chi connectivity index (χ3n) is 4.14. The van der Waals surface area contributed by atoms with Gasteiger partial charge in [0.2, 0.25) is 6.29 Å². The van der Waals surface area contributed by atoms with E-state index in [-0.39, 0.29) is 0 Å². The highest BCUT2D eigenvalue weighted by atomic mass is 79.9. The standard InChI is InChI=1S/C20H28Br2O3/c1-5-8-9-10-11-19(24-18(23)7-3)25-20-16(14(4)6-2)12-15(21)13-17(20)22/h7,12-14,19H,3,5-6,8-11H2,1-2,4H3. The predicted octanol–water partition coefficient (Wildman–Crippen LogP) is 7.13. The van der Waals surface area contributed by atoms with Crippen molar-refractivity contribution in [2.75, 3.05) is 0 Å². The summed E-state index contributed by atoms with van der Waals surface area (Å²) in [5.74, 6) is 0.619. The van der Waals surface area contributed by atoms with Crippen molar-refractivity contribution in [2.45, 2.75) is 71.5 Å². The van der Waals surface area contributed by atoms with Gasteiger partial charge in [-0.2, -0.15) is 0 Å². The molecule has 25 heavy (non-hydrogen) atoms. The van der Waals surface area contributed by atoms with Crippen LogP contribution < -0.4 is 4.74 Å². The number of carbonyl (C=O) groups is 1. The summed E-state index contributed by atoms with van der Waals surface area (Å²) in [5, 5.41) is 0. The quantitative estimate of drug-likeness (QED) is 0.148. The summed E-state index contributed by atoms with van der Waals surface area (Å²) in [6.45, 7) is 9.94. The van der Waals surface area contributed by atoms with Crippen LogP contribution in [-0.4, -0.2) is 12.3 Å². The molecule has 0 aliphatic carbocycles. The van der Waals surface area contributed by atoms with Crippen LogP contribution in [0, 0.1) is 0 Å². The molecule has 0 aromatic heterocycles. The zero-order valence-corrected chi connectivity index (χ0v) is 18.5. The molecule has 0 bridgehead atoms. The van der Waals surface area contributed by atoms with Crippen LogP contribution in [0.2, 0.25) is 0 Å². The van der Waals surface area contributed by atoms with Crippen LogP contribution >= 0.6 is 31.9 Å². The van der Waals surface area contributed by atoms with Crippen molar-refractivity contribution in [3.63, 3.8) is 0 Å². The molecule has 0 radical (unpaired) electrons. The molecule has 3 nitrogen and oxygen atoms in total. The van der Waals surface area contributed by atoms with Crippen LogP contribution in [0.1, 0.15) is 70.8 Å². The van der Waals surface area contributed by atoms with Gasteiger partial charge in [0.05, 0.1) is 4.47 Å². The molecule has 2 atom stereocenters. The first-order valence-electron chi connectivity index (χ1n) is 8.91. The minimum Gasteiger partial charge on any atom is -0.453 e. The Hall–Kier alpha value is -0.810. The molecule has 0 N–H and O–H groups in total. The van der Waals surface area contributed by atoms with E-state index in [1.807, 2.05) is 6.07 Å². The maximum Gasteiger partial charge on any atom is 0.333 e. The number of ether oxygens (including phenoxy) is 2. The highest BCUT2D eigenvalue weighted by Gasteiger charge is 2.21. The van der Waals surface area contributed by atoms with E-state index in [1.54, 1.807) is 0 Å². The third-order valence-corrected chi connectivity index (χ3v) is 5.18. The fraction of sp³-hybridized carbons (Fsp3) is 0.550. The number of benzene rings is 1. The van der Waals surface area contributed by atoms with Crippen LogP contribution in [0.3, 0.4) is 0 Å². The number of hydrogen-bond donors (Lipinski definition) is 0. The van der Waals surface area contributed by atoms with E-state index in [1.165, 1.54) is 12.5 Å². The van der Waals surface area contributed by atoms with Crippen molar-refractivity contribution < 1.29 is 14.3 Å². The van der Waals surface area contributed by atoms with E-state index in [0.717, 1.165) is 45.9 Å². The number of hydrogen-bond acceptors (Lipinski definition) is 3. The Balaban J connectivity index is 3.00. The lowest BCUT2D eigenvalue weighted by atomic mass is 9.98. The van der Waals surface area contributed by atoms with Crippen molar-refractivity contribution in [3.8, 4) is 5.75 Å². The average molecular weight is 476 g/mol. The van der Waals surface area contributed by atoms with E-state index in [2.05, 4.69) is 65.3 Å². The van der Waals surface area contributed by atoms with Gasteiger partial charge >= 0.3 is 5.97 Å². The van der Waals surface area contributed by atoms with Crippen LogP contribution in [0.4, 0.5) is 0 Å². The van der Waals surface area contributed by atoms with Gasteiger partial charge in [-0.15, -0.1) is 0 Å². The fourth-order valence-corrected chi connectivity index (χ4v) is 3.83. The molecular formula is C20H28Br2O3. The van der Waals surface area contributed by atoms with Crippen LogP contribution in [-0.2, 0) is 9.53 Å². The molecule has 5 heteroatoms. The zero-order chi connectivity index (χ0) is 18.8. The summed E-state index contributed by atoms with van der Waals surface area (Å²) in [4.78, 5) is 11.7. The average Bonchev–Trinajstić information content (AvgIpc) is 2.59. The minimum absolute atomic E-state index is 0.333. The second-order valence-electron chi connectivity index (χ2n) is 6.15. The second kappa shape index (κ2) is 11.7. The Labute approximate surface area is 168 Å². The Morgan fingerprint density at radius 3 is 2.56 bits per heavy atom. The number of esters is 1. The molecule has 1 aromatic carbocycles. The van der Waals surface area contributed by atoms with Gasteiger partial charge in [-0.3, -0.25) is 0 Å².